The van der Waals surface area contributed by atoms with Crippen molar-refractivity contribution in [3.05, 3.63) is 65.2 Å². The van der Waals surface area contributed by atoms with Crippen molar-refractivity contribution >= 4 is 21.9 Å². The van der Waals surface area contributed by atoms with Crippen molar-refractivity contribution in [3.63, 3.8) is 0 Å². The van der Waals surface area contributed by atoms with E-state index in [0.29, 0.717) is 24.6 Å². The molecule has 7 nitrogen and oxygen atoms in total. The summed E-state index contributed by atoms with van der Waals surface area (Å²) in [6.07, 6.45) is 1.60. The lowest BCUT2D eigenvalue weighted by atomic mass is 10.0. The van der Waals surface area contributed by atoms with Crippen molar-refractivity contribution in [2.24, 2.45) is 5.92 Å². The van der Waals surface area contributed by atoms with Gasteiger partial charge in [-0.15, -0.1) is 0 Å². The standard InChI is InChI=1S/C23H28N2O5S/c1-16-5-7-18(8-6-16)21(14-22(26)27)24-23(28)19-9-11-20(12-10-19)31(29,30)25-13-3-4-17(2)15-25/h5-12,17,21H,3-4,13-15H2,1-2H3,(H,24,28)(H,26,27). The second-order valence-electron chi connectivity index (χ2n) is 8.17. The molecule has 2 aromatic rings. The van der Waals surface area contributed by atoms with E-state index in [1.807, 2.05) is 26.0 Å². The molecule has 2 atom stereocenters. The molecule has 2 N–H and O–H groups in total. The second kappa shape index (κ2) is 9.62. The molecule has 1 heterocycles. The van der Waals surface area contributed by atoms with Crippen LogP contribution in [0.25, 0.3) is 0 Å². The Balaban J connectivity index is 1.75. The van der Waals surface area contributed by atoms with Crippen LogP contribution in [0.4, 0.5) is 0 Å². The number of hydrogen-bond donors (Lipinski definition) is 2. The molecule has 166 valence electrons. The minimum Gasteiger partial charge on any atom is -0.481 e. The van der Waals surface area contributed by atoms with Crippen LogP contribution < -0.4 is 5.32 Å². The number of carboxylic acid groups (broad SMARTS) is 1. The molecule has 8 heteroatoms. The molecular weight excluding hydrogens is 416 g/mol. The van der Waals surface area contributed by atoms with E-state index in [9.17, 15) is 23.1 Å². The summed E-state index contributed by atoms with van der Waals surface area (Å²) in [7, 11) is -3.60. The van der Waals surface area contributed by atoms with Gasteiger partial charge in [0.25, 0.3) is 5.91 Å². The molecule has 31 heavy (non-hydrogen) atoms. The first-order valence-electron chi connectivity index (χ1n) is 10.4. The maximum Gasteiger partial charge on any atom is 0.305 e. The molecule has 0 aliphatic carbocycles. The Bertz CT molecular complexity index is 1030. The number of sulfonamides is 1. The number of benzene rings is 2. The zero-order chi connectivity index (χ0) is 22.6. The summed E-state index contributed by atoms with van der Waals surface area (Å²) in [5.41, 5.74) is 2.00. The normalized spacial score (nSPS) is 18.3. The van der Waals surface area contributed by atoms with Crippen LogP contribution in [0.5, 0.6) is 0 Å². The molecule has 3 rings (SSSR count). The molecule has 1 saturated heterocycles. The number of hydrogen-bond acceptors (Lipinski definition) is 4. The second-order valence-corrected chi connectivity index (χ2v) is 10.1. The number of amides is 1. The fourth-order valence-electron chi connectivity index (χ4n) is 3.76. The quantitative estimate of drug-likeness (QED) is 0.682. The van der Waals surface area contributed by atoms with Gasteiger partial charge < -0.3 is 10.4 Å². The minimum absolute atomic E-state index is 0.152. The Morgan fingerprint density at radius 1 is 1.13 bits per heavy atom. The highest BCUT2D eigenvalue weighted by molar-refractivity contribution is 7.89. The predicted octanol–water partition coefficient (Wildman–Crippen LogP) is 3.36. The zero-order valence-electron chi connectivity index (χ0n) is 17.7. The molecule has 0 aromatic heterocycles. The molecule has 0 saturated carbocycles. The van der Waals surface area contributed by atoms with E-state index in [0.717, 1.165) is 18.4 Å². The summed E-state index contributed by atoms with van der Waals surface area (Å²) in [4.78, 5) is 24.1. The maximum atomic E-state index is 12.9. The molecule has 1 fully saturated rings. The molecule has 1 aliphatic rings. The number of nitrogens with one attached hydrogen (secondary N) is 1. The van der Waals surface area contributed by atoms with Crippen molar-refractivity contribution in [2.45, 2.75) is 44.0 Å². The van der Waals surface area contributed by atoms with E-state index < -0.39 is 27.9 Å². The van der Waals surface area contributed by atoms with Gasteiger partial charge in [0, 0.05) is 18.7 Å². The molecule has 0 spiro atoms. The van der Waals surface area contributed by atoms with Gasteiger partial charge in [-0.1, -0.05) is 36.8 Å². The number of nitrogens with zero attached hydrogens (tertiary/aromatic N) is 1. The fourth-order valence-corrected chi connectivity index (χ4v) is 5.36. The third-order valence-corrected chi connectivity index (χ3v) is 7.42. The average molecular weight is 445 g/mol. The summed E-state index contributed by atoms with van der Waals surface area (Å²) < 4.78 is 27.3. The van der Waals surface area contributed by atoms with Gasteiger partial charge >= 0.3 is 5.97 Å². The number of carbonyl (C=O) groups is 2. The van der Waals surface area contributed by atoms with Crippen LogP contribution in [0.1, 0.15) is 53.7 Å². The monoisotopic (exact) mass is 444 g/mol. The SMILES string of the molecule is Cc1ccc(C(CC(=O)O)NC(=O)c2ccc(S(=O)(=O)N3CCCC(C)C3)cc2)cc1. The zero-order valence-corrected chi connectivity index (χ0v) is 18.6. The van der Waals surface area contributed by atoms with E-state index in [1.54, 1.807) is 12.1 Å². The Labute approximate surface area is 183 Å². The van der Waals surface area contributed by atoms with E-state index >= 15 is 0 Å². The number of piperidine rings is 1. The first-order valence-corrected chi connectivity index (χ1v) is 11.8. The van der Waals surface area contributed by atoms with Crippen molar-refractivity contribution in [3.8, 4) is 0 Å². The first-order chi connectivity index (χ1) is 14.7. The van der Waals surface area contributed by atoms with Gasteiger partial charge in [-0.3, -0.25) is 9.59 Å². The maximum absolute atomic E-state index is 12.9. The van der Waals surface area contributed by atoms with Crippen LogP contribution in [0.15, 0.2) is 53.4 Å². The van der Waals surface area contributed by atoms with Gasteiger partial charge in [0.05, 0.1) is 17.4 Å². The Hall–Kier alpha value is -2.71. The highest BCUT2D eigenvalue weighted by atomic mass is 32.2. The van der Waals surface area contributed by atoms with E-state index in [-0.39, 0.29) is 16.9 Å². The van der Waals surface area contributed by atoms with Crippen molar-refractivity contribution < 1.29 is 23.1 Å². The molecule has 2 unspecified atom stereocenters. The van der Waals surface area contributed by atoms with E-state index in [4.69, 9.17) is 0 Å². The summed E-state index contributed by atoms with van der Waals surface area (Å²) in [6.45, 7) is 4.96. The predicted molar refractivity (Wildman–Crippen MR) is 117 cm³/mol. The van der Waals surface area contributed by atoms with Crippen molar-refractivity contribution in [1.82, 2.24) is 9.62 Å². The largest absolute Gasteiger partial charge is 0.481 e. The minimum atomic E-state index is -3.60. The van der Waals surface area contributed by atoms with Gasteiger partial charge in [-0.2, -0.15) is 4.31 Å². The summed E-state index contributed by atoms with van der Waals surface area (Å²) in [5, 5.41) is 12.0. The number of carboxylic acids is 1. The number of aliphatic carboxylic acids is 1. The van der Waals surface area contributed by atoms with Crippen molar-refractivity contribution in [2.75, 3.05) is 13.1 Å². The lowest BCUT2D eigenvalue weighted by molar-refractivity contribution is -0.137. The van der Waals surface area contributed by atoms with Crippen LogP contribution in [-0.4, -0.2) is 42.8 Å². The van der Waals surface area contributed by atoms with Crippen LogP contribution >= 0.6 is 0 Å². The van der Waals surface area contributed by atoms with Crippen LogP contribution in [0, 0.1) is 12.8 Å². The fraction of sp³-hybridized carbons (Fsp3) is 0.391. The lowest BCUT2D eigenvalue weighted by Crippen LogP contribution is -2.39. The van der Waals surface area contributed by atoms with Gasteiger partial charge in [-0.05, 0) is 55.5 Å². The average Bonchev–Trinajstić information content (AvgIpc) is 2.73. The van der Waals surface area contributed by atoms with Gasteiger partial charge in [-0.25, -0.2) is 8.42 Å². The molecule has 1 amide bonds. The third-order valence-electron chi connectivity index (χ3n) is 5.54. The van der Waals surface area contributed by atoms with Gasteiger partial charge in [0.15, 0.2) is 0 Å². The molecule has 0 radical (unpaired) electrons. The summed E-state index contributed by atoms with van der Waals surface area (Å²) in [5.74, 6) is -1.16. The Kier molecular flexibility index (Phi) is 7.12. The Morgan fingerprint density at radius 2 is 1.77 bits per heavy atom. The topological polar surface area (TPSA) is 104 Å². The smallest absolute Gasteiger partial charge is 0.305 e. The summed E-state index contributed by atoms with van der Waals surface area (Å²) in [6, 6.07) is 12.4. The first kappa shape index (κ1) is 23.0. The molecule has 2 aromatic carbocycles. The number of carbonyl (C=O) groups excluding carboxylic acids is 1. The van der Waals surface area contributed by atoms with E-state index in [1.165, 1.54) is 28.6 Å². The lowest BCUT2D eigenvalue weighted by Gasteiger charge is -2.30. The number of aryl methyl sites for hydroxylation is 1. The third kappa shape index (κ3) is 5.71. The van der Waals surface area contributed by atoms with Gasteiger partial charge in [0.1, 0.15) is 0 Å². The highest BCUT2D eigenvalue weighted by Gasteiger charge is 2.28. The molecule has 0 bridgehead atoms. The Morgan fingerprint density at radius 3 is 2.35 bits per heavy atom. The van der Waals surface area contributed by atoms with E-state index in [2.05, 4.69) is 5.32 Å². The highest BCUT2D eigenvalue weighted by Crippen LogP contribution is 2.24. The van der Waals surface area contributed by atoms with Gasteiger partial charge in [0.2, 0.25) is 10.0 Å². The van der Waals surface area contributed by atoms with Crippen LogP contribution in [0.2, 0.25) is 0 Å². The van der Waals surface area contributed by atoms with Crippen LogP contribution in [-0.2, 0) is 14.8 Å². The molecule has 1 aliphatic heterocycles. The van der Waals surface area contributed by atoms with Crippen molar-refractivity contribution in [1.29, 1.82) is 0 Å². The summed E-state index contributed by atoms with van der Waals surface area (Å²) >= 11 is 0. The molecular formula is C23H28N2O5S. The van der Waals surface area contributed by atoms with Crippen LogP contribution in [0.3, 0.4) is 0 Å². The number of rotatable bonds is 7.